The summed E-state index contributed by atoms with van der Waals surface area (Å²) in [7, 11) is 0. The highest BCUT2D eigenvalue weighted by Crippen LogP contribution is 2.59. The molecule has 11 atom stereocenters. The van der Waals surface area contributed by atoms with Crippen molar-refractivity contribution in [2.75, 3.05) is 33.0 Å². The fourth-order valence-corrected chi connectivity index (χ4v) is 17.5. The molecule has 35 heteroatoms. The number of fused-ring (bicyclic) bond motifs is 2. The third-order valence-corrected chi connectivity index (χ3v) is 22.1. The zero-order valence-corrected chi connectivity index (χ0v) is 61.2. The van der Waals surface area contributed by atoms with Gasteiger partial charge in [0.15, 0.2) is 43.6 Å². The monoisotopic (exact) mass is 1590 g/mol. The molecule has 0 N–H and O–H groups in total. The normalized spacial score (nSPS) is 31.2. The zero-order valence-electron chi connectivity index (χ0n) is 61.2. The molecule has 0 spiro atoms. The molecule has 0 heterocycles. The van der Waals surface area contributed by atoms with Crippen LogP contribution in [0.3, 0.4) is 0 Å². The smallest absolute Gasteiger partial charge is 0.377 e. The molecule has 14 bridgehead atoms. The van der Waals surface area contributed by atoms with Crippen LogP contribution in [-0.4, -0.2) is 180 Å². The van der Waals surface area contributed by atoms with Crippen molar-refractivity contribution >= 4 is 88.6 Å². The molecule has 0 aromatic carbocycles. The van der Waals surface area contributed by atoms with Gasteiger partial charge in [-0.25, -0.2) is 38.4 Å². The Morgan fingerprint density at radius 1 is 0.391 bits per heavy atom. The number of hydrogen-bond acceptors (Lipinski definition) is 25. The van der Waals surface area contributed by atoms with Gasteiger partial charge in [-0.2, -0.15) is 43.9 Å². The fourth-order valence-electron chi connectivity index (χ4n) is 17.5. The van der Waals surface area contributed by atoms with E-state index >= 15 is 0 Å². The number of carbonyl (C=O) groups is 15. The van der Waals surface area contributed by atoms with Gasteiger partial charge >= 0.3 is 89.3 Å². The van der Waals surface area contributed by atoms with Crippen LogP contribution in [0.4, 0.5) is 43.9 Å². The number of esters is 10. The van der Waals surface area contributed by atoms with Gasteiger partial charge in [0.2, 0.25) is 0 Å². The largest absolute Gasteiger partial charge is 0.460 e. The lowest BCUT2D eigenvalue weighted by molar-refractivity contribution is -0.201. The summed E-state index contributed by atoms with van der Waals surface area (Å²) in [5.74, 6) is -30.0. The van der Waals surface area contributed by atoms with Crippen LogP contribution in [0.15, 0.2) is 0 Å². The molecular weight excluding hydrogens is 1490 g/mol. The van der Waals surface area contributed by atoms with E-state index < -0.39 is 163 Å². The predicted molar refractivity (Wildman–Crippen MR) is 356 cm³/mol. The minimum absolute atomic E-state index is 0. The summed E-state index contributed by atoms with van der Waals surface area (Å²) in [5, 5.41) is 0. The van der Waals surface area contributed by atoms with Gasteiger partial charge in [-0.3, -0.25) is 33.6 Å². The first kappa shape index (κ1) is 91.2. The maximum Gasteiger partial charge on any atom is 0.377 e. The molecule has 0 aliphatic heterocycles. The highest BCUT2D eigenvalue weighted by Gasteiger charge is 2.61. The lowest BCUT2D eigenvalue weighted by Crippen LogP contribution is -2.57. The second kappa shape index (κ2) is 35.2. The summed E-state index contributed by atoms with van der Waals surface area (Å²) in [6.07, 6.45) is 13.6. The first-order chi connectivity index (χ1) is 49.8. The van der Waals surface area contributed by atoms with Gasteiger partial charge in [0.05, 0.1) is 11.3 Å². The maximum absolute atomic E-state index is 12.9. The molecule has 15 fully saturated rings. The van der Waals surface area contributed by atoms with Gasteiger partial charge in [-0.05, 0) is 173 Å². The Morgan fingerprint density at radius 3 is 1.12 bits per heavy atom. The first-order valence-electron chi connectivity index (χ1n) is 36.3. The average molecular weight is 1590 g/mol. The molecule has 0 radical (unpaired) electrons. The molecule has 110 heavy (non-hydrogen) atoms. The van der Waals surface area contributed by atoms with Crippen LogP contribution in [0.2, 0.25) is 0 Å². The minimum atomic E-state index is -3.65. The maximum atomic E-state index is 12.9. The minimum Gasteiger partial charge on any atom is -0.460 e. The molecule has 0 aromatic rings. The molecule has 0 aromatic heterocycles. The zero-order chi connectivity index (χ0) is 80.4. The van der Waals surface area contributed by atoms with Crippen LogP contribution in [0.5, 0.6) is 0 Å². The van der Waals surface area contributed by atoms with E-state index in [-0.39, 0.29) is 79.5 Å². The lowest BCUT2D eigenvalue weighted by atomic mass is 9.53. The van der Waals surface area contributed by atoms with Crippen LogP contribution >= 0.6 is 0 Å². The number of rotatable bonds is 22. The molecular formula is C75H100F10O25. The van der Waals surface area contributed by atoms with Gasteiger partial charge < -0.3 is 47.4 Å². The molecule has 620 valence electrons. The Kier molecular flexibility index (Phi) is 29.2. The number of alkyl halides is 10. The predicted octanol–water partition coefficient (Wildman–Crippen LogP) is 10.9. The summed E-state index contributed by atoms with van der Waals surface area (Å²) in [4.78, 5) is 173. The van der Waals surface area contributed by atoms with Crippen molar-refractivity contribution in [3.8, 4) is 0 Å². The Balaban J connectivity index is 0.000000215. The van der Waals surface area contributed by atoms with Crippen molar-refractivity contribution < 1.29 is 163 Å². The van der Waals surface area contributed by atoms with Crippen molar-refractivity contribution in [3.05, 3.63) is 0 Å². The molecule has 15 rings (SSSR count). The Labute approximate surface area is 629 Å². The number of halogens is 10. The molecule has 15 saturated carbocycles. The number of ketones is 5. The SMILES string of the molecule is C.C.CC(COC(=O)C(C)(F)F)C(=O)OC12CC3CC(C1)C(=O)C(C3)C2.CC(F)(F)C(=O)OCC(=O)OC12CC3CC(C1)C(=O)C(C3)C2.CC(F)(F)C(=O)OCC(=O)OC1C(=O)C2CCC1C2.CC(F)(F)C(=O)OCC(=O)OC1CCCCC1=O.CC(F)(F)C(=O)OCC(C)(C)C(=O)OC12CC3CC(C1)C(=O)C(C3)C2. The van der Waals surface area contributed by atoms with Gasteiger partial charge in [0, 0.05) is 88.4 Å². The van der Waals surface area contributed by atoms with Crippen molar-refractivity contribution in [3.63, 3.8) is 0 Å². The van der Waals surface area contributed by atoms with Gasteiger partial charge in [0.1, 0.15) is 47.4 Å². The third kappa shape index (κ3) is 23.3. The molecule has 15 aliphatic carbocycles. The highest BCUT2D eigenvalue weighted by atomic mass is 19.3. The summed E-state index contributed by atoms with van der Waals surface area (Å²) < 4.78 is 175. The van der Waals surface area contributed by atoms with E-state index in [9.17, 15) is 116 Å². The Bertz CT molecular complexity index is 3440. The quantitative estimate of drug-likeness (QED) is 0.0552. The third-order valence-electron chi connectivity index (χ3n) is 22.1. The highest BCUT2D eigenvalue weighted by molar-refractivity contribution is 5.92. The number of hydrogen-bond donors (Lipinski definition) is 0. The van der Waals surface area contributed by atoms with Crippen molar-refractivity contribution in [2.24, 2.45) is 76.4 Å². The fraction of sp³-hybridized carbons (Fsp3) is 0.800. The van der Waals surface area contributed by atoms with E-state index in [1.165, 1.54) is 20.8 Å². The van der Waals surface area contributed by atoms with Gasteiger partial charge in [0.25, 0.3) is 0 Å². The number of carbonyl (C=O) groups excluding carboxylic acids is 15. The summed E-state index contributed by atoms with van der Waals surface area (Å²) in [6.45, 7) is 2.99. The van der Waals surface area contributed by atoms with E-state index in [2.05, 4.69) is 23.7 Å². The summed E-state index contributed by atoms with van der Waals surface area (Å²) in [5.41, 5.74) is -3.14. The van der Waals surface area contributed by atoms with Crippen LogP contribution < -0.4 is 0 Å². The number of ether oxygens (including phenoxy) is 10. The summed E-state index contributed by atoms with van der Waals surface area (Å²) in [6, 6.07) is 0. The van der Waals surface area contributed by atoms with Crippen LogP contribution in [-0.2, 0) is 119 Å². The second-order valence-electron chi connectivity index (χ2n) is 32.5. The van der Waals surface area contributed by atoms with E-state index in [1.807, 2.05) is 0 Å². The molecule has 11 unspecified atom stereocenters. The van der Waals surface area contributed by atoms with E-state index in [4.69, 9.17) is 23.7 Å². The van der Waals surface area contributed by atoms with Crippen molar-refractivity contribution in [2.45, 2.75) is 270 Å². The first-order valence-corrected chi connectivity index (χ1v) is 36.3. The standard InChI is InChI=1S/C18H24F2O5.C17H22F2O5.C15H18F2O5.C12H14F2O5.C11H14F2O5.2CH4/c1-16(2,9-24-15(23)17(3,19)20)14(22)25-18-6-10-4-11(7-18)13(21)12(5-10)8-18;1-9(8-23-15(22)16(2,18)19)14(21)24-17-5-10-3-11(6-17)13(20)12(4-10)7-17;1-14(16,17)13(20)21-7-11(18)22-15-4-8-2-9(5-15)12(19)10(3-8)6-15;1-12(13,14)11(17)18-5-8(15)19-10-7-3-2-6(4-7)9(10)16;1-11(12,13)10(16)17-6-9(15)18-8-5-3-2-4-7(8)14;;/h10-12H,4-9H2,1-3H3;9-12H,3-8H2,1-2H3;8-10H,2-7H2,1H3;6-7,10H,2-5H2,1H3;8H,2-6H2,1H3;2*1H4. The summed E-state index contributed by atoms with van der Waals surface area (Å²) >= 11 is 0. The Hall–Kier alpha value is -7.65. The lowest BCUT2D eigenvalue weighted by Gasteiger charge is -2.55. The topological polar surface area (TPSA) is 348 Å². The van der Waals surface area contributed by atoms with Gasteiger partial charge in [-0.1, -0.05) is 14.9 Å². The van der Waals surface area contributed by atoms with E-state index in [0.717, 1.165) is 77.0 Å². The van der Waals surface area contributed by atoms with Crippen molar-refractivity contribution in [1.82, 2.24) is 0 Å². The number of Topliss-reactive ketones (excluding diaryl/α,β-unsaturated/α-hetero) is 5. The van der Waals surface area contributed by atoms with Crippen LogP contribution in [0, 0.1) is 76.4 Å². The Morgan fingerprint density at radius 2 is 0.745 bits per heavy atom. The molecule has 25 nitrogen and oxygen atoms in total. The van der Waals surface area contributed by atoms with E-state index in [0.29, 0.717) is 128 Å². The van der Waals surface area contributed by atoms with Gasteiger partial charge in [-0.15, -0.1) is 0 Å². The van der Waals surface area contributed by atoms with Crippen LogP contribution in [0.1, 0.15) is 212 Å². The second-order valence-corrected chi connectivity index (χ2v) is 32.5. The molecule has 15 aliphatic rings. The van der Waals surface area contributed by atoms with Crippen LogP contribution in [0.25, 0.3) is 0 Å². The molecule has 0 amide bonds. The van der Waals surface area contributed by atoms with E-state index in [1.54, 1.807) is 0 Å². The van der Waals surface area contributed by atoms with Crippen molar-refractivity contribution in [1.29, 1.82) is 0 Å². The average Bonchev–Trinajstić information content (AvgIpc) is 0.946. The molecule has 0 saturated heterocycles.